The predicted molar refractivity (Wildman–Crippen MR) is 85.9 cm³/mol. The molecule has 0 saturated heterocycles. The standard InChI is InChI=1S/C18H16FN3/c1-13(22-18-12-20-10-11-21-18)14-6-8-15(9-7-14)16-4-2-3-5-17(16)19/h2-13H,1H3,(H,21,22)/t13-/m1/s1. The lowest BCUT2D eigenvalue weighted by molar-refractivity contribution is 0.631. The van der Waals surface area contributed by atoms with E-state index in [1.54, 1.807) is 30.7 Å². The zero-order valence-corrected chi connectivity index (χ0v) is 12.2. The fourth-order valence-electron chi connectivity index (χ4n) is 2.33. The highest BCUT2D eigenvalue weighted by atomic mass is 19.1. The average Bonchev–Trinajstić information content (AvgIpc) is 2.56. The molecule has 1 N–H and O–H groups in total. The predicted octanol–water partition coefficient (Wildman–Crippen LogP) is 4.46. The quantitative estimate of drug-likeness (QED) is 0.772. The van der Waals surface area contributed by atoms with E-state index in [0.29, 0.717) is 5.56 Å². The number of anilines is 1. The second kappa shape index (κ2) is 6.35. The van der Waals surface area contributed by atoms with E-state index in [2.05, 4.69) is 15.3 Å². The first-order valence-electron chi connectivity index (χ1n) is 7.11. The first kappa shape index (κ1) is 14.2. The van der Waals surface area contributed by atoms with E-state index in [0.717, 1.165) is 16.9 Å². The molecule has 0 fully saturated rings. The lowest BCUT2D eigenvalue weighted by Crippen LogP contribution is -2.07. The molecular formula is C18H16FN3. The van der Waals surface area contributed by atoms with E-state index in [1.807, 2.05) is 37.3 Å². The summed E-state index contributed by atoms with van der Waals surface area (Å²) in [5, 5.41) is 3.28. The van der Waals surface area contributed by atoms with Crippen molar-refractivity contribution in [3.05, 3.63) is 78.5 Å². The summed E-state index contributed by atoms with van der Waals surface area (Å²) < 4.78 is 13.8. The van der Waals surface area contributed by atoms with E-state index in [4.69, 9.17) is 0 Å². The van der Waals surface area contributed by atoms with Crippen LogP contribution in [0.1, 0.15) is 18.5 Å². The molecule has 0 aliphatic heterocycles. The Bertz CT molecular complexity index is 742. The molecular weight excluding hydrogens is 277 g/mol. The van der Waals surface area contributed by atoms with Gasteiger partial charge in [0.25, 0.3) is 0 Å². The van der Waals surface area contributed by atoms with Crippen LogP contribution in [0.15, 0.2) is 67.1 Å². The van der Waals surface area contributed by atoms with Crippen molar-refractivity contribution < 1.29 is 4.39 Å². The summed E-state index contributed by atoms with van der Waals surface area (Å²) in [4.78, 5) is 8.23. The van der Waals surface area contributed by atoms with Crippen molar-refractivity contribution in [3.63, 3.8) is 0 Å². The molecule has 0 radical (unpaired) electrons. The Labute approximate surface area is 128 Å². The molecule has 3 nitrogen and oxygen atoms in total. The van der Waals surface area contributed by atoms with E-state index in [1.165, 1.54) is 6.07 Å². The fourth-order valence-corrected chi connectivity index (χ4v) is 2.33. The number of halogens is 1. The smallest absolute Gasteiger partial charge is 0.144 e. The van der Waals surface area contributed by atoms with Crippen LogP contribution in [0.25, 0.3) is 11.1 Å². The van der Waals surface area contributed by atoms with Gasteiger partial charge >= 0.3 is 0 Å². The molecule has 0 amide bonds. The first-order chi connectivity index (χ1) is 10.7. The SMILES string of the molecule is C[C@@H](Nc1cnccn1)c1ccc(-c2ccccc2F)cc1. The van der Waals surface area contributed by atoms with Crippen LogP contribution in [0.4, 0.5) is 10.2 Å². The first-order valence-corrected chi connectivity index (χ1v) is 7.11. The molecule has 1 atom stereocenters. The van der Waals surface area contributed by atoms with E-state index in [9.17, 15) is 4.39 Å². The van der Waals surface area contributed by atoms with E-state index >= 15 is 0 Å². The summed E-state index contributed by atoms with van der Waals surface area (Å²) in [6, 6.07) is 14.7. The Morgan fingerprint density at radius 1 is 1.00 bits per heavy atom. The molecule has 0 unspecified atom stereocenters. The van der Waals surface area contributed by atoms with Crippen LogP contribution in [0.2, 0.25) is 0 Å². The Morgan fingerprint density at radius 3 is 2.45 bits per heavy atom. The maximum atomic E-state index is 13.8. The molecule has 0 spiro atoms. The summed E-state index contributed by atoms with van der Waals surface area (Å²) in [6.07, 6.45) is 4.97. The molecule has 0 bridgehead atoms. The van der Waals surface area contributed by atoms with Gasteiger partial charge < -0.3 is 5.32 Å². The van der Waals surface area contributed by atoms with E-state index < -0.39 is 0 Å². The maximum Gasteiger partial charge on any atom is 0.144 e. The minimum absolute atomic E-state index is 0.0892. The Kier molecular flexibility index (Phi) is 4.10. The minimum Gasteiger partial charge on any atom is -0.362 e. The molecule has 3 aromatic rings. The summed E-state index contributed by atoms with van der Waals surface area (Å²) in [7, 11) is 0. The molecule has 1 aromatic heterocycles. The van der Waals surface area contributed by atoms with Crippen LogP contribution < -0.4 is 5.32 Å². The highest BCUT2D eigenvalue weighted by Gasteiger charge is 2.08. The molecule has 4 heteroatoms. The molecule has 0 aliphatic carbocycles. The van der Waals surface area contributed by atoms with Crippen molar-refractivity contribution in [1.29, 1.82) is 0 Å². The van der Waals surface area contributed by atoms with Crippen LogP contribution in [0.5, 0.6) is 0 Å². The van der Waals surface area contributed by atoms with Gasteiger partial charge in [0.2, 0.25) is 0 Å². The van der Waals surface area contributed by atoms with Gasteiger partial charge in [0.15, 0.2) is 0 Å². The van der Waals surface area contributed by atoms with Crippen molar-refractivity contribution in [2.75, 3.05) is 5.32 Å². The number of benzene rings is 2. The summed E-state index contributed by atoms with van der Waals surface area (Å²) >= 11 is 0. The van der Waals surface area contributed by atoms with Gasteiger partial charge in [-0.3, -0.25) is 4.98 Å². The molecule has 22 heavy (non-hydrogen) atoms. The van der Waals surface area contributed by atoms with Gasteiger partial charge in [0.1, 0.15) is 11.6 Å². The maximum absolute atomic E-state index is 13.8. The Balaban J connectivity index is 1.78. The van der Waals surface area contributed by atoms with Gasteiger partial charge in [0, 0.05) is 24.0 Å². The second-order valence-electron chi connectivity index (χ2n) is 5.06. The van der Waals surface area contributed by atoms with Gasteiger partial charge in [0.05, 0.1) is 6.20 Å². The summed E-state index contributed by atoms with van der Waals surface area (Å²) in [5.74, 6) is 0.522. The van der Waals surface area contributed by atoms with Crippen LogP contribution in [0, 0.1) is 5.82 Å². The van der Waals surface area contributed by atoms with Gasteiger partial charge in [-0.1, -0.05) is 42.5 Å². The highest BCUT2D eigenvalue weighted by molar-refractivity contribution is 5.64. The van der Waals surface area contributed by atoms with Crippen LogP contribution in [0.3, 0.4) is 0 Å². The average molecular weight is 293 g/mol. The molecule has 0 aliphatic rings. The molecule has 2 aromatic carbocycles. The third-order valence-corrected chi connectivity index (χ3v) is 3.52. The van der Waals surface area contributed by atoms with Gasteiger partial charge in [-0.05, 0) is 24.1 Å². The summed E-state index contributed by atoms with van der Waals surface area (Å²) in [5.41, 5.74) is 2.59. The zero-order valence-electron chi connectivity index (χ0n) is 12.2. The third-order valence-electron chi connectivity index (χ3n) is 3.52. The van der Waals surface area contributed by atoms with E-state index in [-0.39, 0.29) is 11.9 Å². The minimum atomic E-state index is -0.207. The number of hydrogen-bond donors (Lipinski definition) is 1. The van der Waals surface area contributed by atoms with Crippen molar-refractivity contribution in [2.45, 2.75) is 13.0 Å². The van der Waals surface area contributed by atoms with Crippen LogP contribution >= 0.6 is 0 Å². The second-order valence-corrected chi connectivity index (χ2v) is 5.06. The topological polar surface area (TPSA) is 37.8 Å². The molecule has 1 heterocycles. The molecule has 0 saturated carbocycles. The number of nitrogens with zero attached hydrogens (tertiary/aromatic N) is 2. The lowest BCUT2D eigenvalue weighted by atomic mass is 10.0. The normalized spacial score (nSPS) is 11.9. The fraction of sp³-hybridized carbons (Fsp3) is 0.111. The van der Waals surface area contributed by atoms with Crippen LogP contribution in [-0.2, 0) is 0 Å². The Hall–Kier alpha value is -2.75. The third kappa shape index (κ3) is 3.11. The van der Waals surface area contributed by atoms with Crippen molar-refractivity contribution in [2.24, 2.45) is 0 Å². The van der Waals surface area contributed by atoms with Gasteiger partial charge in [-0.2, -0.15) is 0 Å². The molecule has 3 rings (SSSR count). The van der Waals surface area contributed by atoms with Crippen molar-refractivity contribution in [1.82, 2.24) is 9.97 Å². The van der Waals surface area contributed by atoms with Crippen LogP contribution in [-0.4, -0.2) is 9.97 Å². The lowest BCUT2D eigenvalue weighted by Gasteiger charge is -2.15. The number of aromatic nitrogens is 2. The summed E-state index contributed by atoms with van der Waals surface area (Å²) in [6.45, 7) is 2.05. The largest absolute Gasteiger partial charge is 0.362 e. The van der Waals surface area contributed by atoms with Crippen molar-refractivity contribution >= 4 is 5.82 Å². The van der Waals surface area contributed by atoms with Gasteiger partial charge in [-0.15, -0.1) is 0 Å². The van der Waals surface area contributed by atoms with Gasteiger partial charge in [-0.25, -0.2) is 9.37 Å². The monoisotopic (exact) mass is 293 g/mol. The highest BCUT2D eigenvalue weighted by Crippen LogP contribution is 2.25. The zero-order chi connectivity index (χ0) is 15.4. The van der Waals surface area contributed by atoms with Crippen molar-refractivity contribution in [3.8, 4) is 11.1 Å². The number of hydrogen-bond acceptors (Lipinski definition) is 3. The number of rotatable bonds is 4. The Morgan fingerprint density at radius 2 is 1.77 bits per heavy atom. The molecule has 110 valence electrons. The number of nitrogens with one attached hydrogen (secondary N) is 1.